The van der Waals surface area contributed by atoms with Gasteiger partial charge in [-0.2, -0.15) is 18.3 Å². The molecule has 0 bridgehead atoms. The molecule has 3 rings (SSSR count). The highest BCUT2D eigenvalue weighted by atomic mass is 19.4. The number of carbonyl (C=O) groups excluding carboxylic acids is 2. The van der Waals surface area contributed by atoms with Gasteiger partial charge in [0.1, 0.15) is 11.3 Å². The Kier molecular flexibility index (Phi) is 6.66. The zero-order valence-electron chi connectivity index (χ0n) is 19.2. The maximum atomic E-state index is 13.5. The van der Waals surface area contributed by atoms with Crippen molar-refractivity contribution < 1.29 is 27.5 Å². The summed E-state index contributed by atoms with van der Waals surface area (Å²) in [6.07, 6.45) is -3.51. The number of halogens is 3. The van der Waals surface area contributed by atoms with Gasteiger partial charge in [0.2, 0.25) is 5.95 Å². The van der Waals surface area contributed by atoms with Crippen LogP contribution in [-0.2, 0) is 23.4 Å². The standard InChI is InChI=1S/C21H27F3N6O3/c1-20(2,3)15-11-14(28(4)27-15)17(31)29-7-6-8-30(10-9-29)19-25-12-13(18(32)33-5)16(26-19)21(22,23)24/h11-12H,6-10H2,1-5H3. The summed E-state index contributed by atoms with van der Waals surface area (Å²) < 4.78 is 46.4. The summed E-state index contributed by atoms with van der Waals surface area (Å²) in [4.78, 5) is 35.6. The van der Waals surface area contributed by atoms with Crippen molar-refractivity contribution in [2.45, 2.75) is 38.8 Å². The molecule has 2 aromatic rings. The van der Waals surface area contributed by atoms with Crippen molar-refractivity contribution in [1.29, 1.82) is 0 Å². The van der Waals surface area contributed by atoms with Crippen molar-refractivity contribution in [3.05, 3.63) is 34.9 Å². The Morgan fingerprint density at radius 2 is 1.79 bits per heavy atom. The first-order valence-electron chi connectivity index (χ1n) is 10.4. The van der Waals surface area contributed by atoms with Gasteiger partial charge in [0.05, 0.1) is 12.8 Å². The largest absolute Gasteiger partial charge is 0.465 e. The Labute approximate surface area is 189 Å². The fraction of sp³-hybridized carbons (Fsp3) is 0.571. The van der Waals surface area contributed by atoms with E-state index in [1.165, 1.54) is 0 Å². The minimum absolute atomic E-state index is 0.153. The van der Waals surface area contributed by atoms with Gasteiger partial charge in [-0.25, -0.2) is 14.8 Å². The predicted octanol–water partition coefficient (Wildman–Crippen LogP) is 2.67. The van der Waals surface area contributed by atoms with Gasteiger partial charge in [0.25, 0.3) is 5.91 Å². The van der Waals surface area contributed by atoms with Crippen LogP contribution >= 0.6 is 0 Å². The lowest BCUT2D eigenvalue weighted by atomic mass is 9.92. The molecule has 0 aromatic carbocycles. The highest BCUT2D eigenvalue weighted by Gasteiger charge is 2.39. The maximum Gasteiger partial charge on any atom is 0.434 e. The topological polar surface area (TPSA) is 93.5 Å². The third-order valence-corrected chi connectivity index (χ3v) is 5.38. The molecule has 0 radical (unpaired) electrons. The molecule has 0 unspecified atom stereocenters. The summed E-state index contributed by atoms with van der Waals surface area (Å²) in [6.45, 7) is 7.33. The number of ether oxygens (including phenoxy) is 1. The molecule has 180 valence electrons. The normalized spacial score (nSPS) is 15.4. The minimum atomic E-state index is -4.85. The van der Waals surface area contributed by atoms with E-state index in [9.17, 15) is 22.8 Å². The molecule has 0 aliphatic carbocycles. The van der Waals surface area contributed by atoms with Crippen LogP contribution in [0, 0.1) is 0 Å². The fourth-order valence-corrected chi connectivity index (χ4v) is 3.52. The van der Waals surface area contributed by atoms with Crippen LogP contribution in [0.2, 0.25) is 0 Å². The van der Waals surface area contributed by atoms with Crippen LogP contribution in [0.1, 0.15) is 59.4 Å². The molecule has 0 saturated carbocycles. The molecular weight excluding hydrogens is 441 g/mol. The molecule has 3 heterocycles. The lowest BCUT2D eigenvalue weighted by molar-refractivity contribution is -0.141. The first kappa shape index (κ1) is 24.5. The van der Waals surface area contributed by atoms with E-state index >= 15 is 0 Å². The number of aromatic nitrogens is 4. The molecule has 33 heavy (non-hydrogen) atoms. The molecule has 1 amide bonds. The van der Waals surface area contributed by atoms with E-state index < -0.39 is 23.4 Å². The predicted molar refractivity (Wildman–Crippen MR) is 113 cm³/mol. The first-order chi connectivity index (χ1) is 15.3. The summed E-state index contributed by atoms with van der Waals surface area (Å²) in [7, 11) is 2.70. The number of nitrogens with zero attached hydrogens (tertiary/aromatic N) is 6. The summed E-state index contributed by atoms with van der Waals surface area (Å²) >= 11 is 0. The van der Waals surface area contributed by atoms with Gasteiger partial charge in [-0.05, 0) is 12.5 Å². The molecule has 0 atom stereocenters. The Balaban J connectivity index is 1.80. The average molecular weight is 468 g/mol. The molecule has 1 aliphatic rings. The highest BCUT2D eigenvalue weighted by molar-refractivity contribution is 5.93. The number of carbonyl (C=O) groups is 2. The van der Waals surface area contributed by atoms with Crippen LogP contribution in [-0.4, -0.2) is 69.8 Å². The number of anilines is 1. The highest BCUT2D eigenvalue weighted by Crippen LogP contribution is 2.32. The zero-order valence-corrected chi connectivity index (χ0v) is 19.2. The first-order valence-corrected chi connectivity index (χ1v) is 10.4. The second-order valence-corrected chi connectivity index (χ2v) is 8.84. The zero-order chi connectivity index (χ0) is 24.6. The van der Waals surface area contributed by atoms with Gasteiger partial charge in [0.15, 0.2) is 5.69 Å². The summed E-state index contributed by atoms with van der Waals surface area (Å²) in [5, 5.41) is 4.44. The van der Waals surface area contributed by atoms with Crippen LogP contribution in [0.4, 0.5) is 19.1 Å². The number of hydrogen-bond donors (Lipinski definition) is 0. The minimum Gasteiger partial charge on any atom is -0.465 e. The summed E-state index contributed by atoms with van der Waals surface area (Å²) in [6, 6.07) is 1.77. The maximum absolute atomic E-state index is 13.5. The third-order valence-electron chi connectivity index (χ3n) is 5.38. The number of alkyl halides is 3. The van der Waals surface area contributed by atoms with E-state index in [0.717, 1.165) is 19.0 Å². The Hall–Kier alpha value is -3.18. The fourth-order valence-electron chi connectivity index (χ4n) is 3.52. The monoisotopic (exact) mass is 468 g/mol. The number of esters is 1. The smallest absolute Gasteiger partial charge is 0.434 e. The molecule has 1 fully saturated rings. The summed E-state index contributed by atoms with van der Waals surface area (Å²) in [5.41, 5.74) is -1.06. The van der Waals surface area contributed by atoms with Crippen LogP contribution in [0.3, 0.4) is 0 Å². The Bertz CT molecular complexity index is 1040. The van der Waals surface area contributed by atoms with Crippen LogP contribution in [0.25, 0.3) is 0 Å². The Morgan fingerprint density at radius 3 is 2.36 bits per heavy atom. The van der Waals surface area contributed by atoms with Gasteiger partial charge in [-0.1, -0.05) is 20.8 Å². The molecule has 0 N–H and O–H groups in total. The number of methoxy groups -OCH3 is 1. The number of amides is 1. The van der Waals surface area contributed by atoms with Crippen LogP contribution in [0.15, 0.2) is 12.3 Å². The summed E-state index contributed by atoms with van der Waals surface area (Å²) in [5.74, 6) is -1.51. The number of hydrogen-bond acceptors (Lipinski definition) is 7. The number of rotatable bonds is 3. The number of aryl methyl sites for hydroxylation is 1. The SMILES string of the molecule is COC(=O)c1cnc(N2CCCN(C(=O)c3cc(C(C)(C)C)nn3C)CC2)nc1C(F)(F)F. The van der Waals surface area contributed by atoms with Crippen molar-refractivity contribution in [1.82, 2.24) is 24.6 Å². The van der Waals surface area contributed by atoms with Gasteiger partial charge >= 0.3 is 12.1 Å². The third kappa shape index (κ3) is 5.25. The second kappa shape index (κ2) is 8.99. The van der Waals surface area contributed by atoms with Crippen LogP contribution < -0.4 is 4.90 Å². The molecule has 1 saturated heterocycles. The van der Waals surface area contributed by atoms with E-state index in [1.807, 2.05) is 20.8 Å². The van der Waals surface area contributed by atoms with Gasteiger partial charge in [0, 0.05) is 44.8 Å². The quantitative estimate of drug-likeness (QED) is 0.640. The van der Waals surface area contributed by atoms with Gasteiger partial charge in [-0.15, -0.1) is 0 Å². The average Bonchev–Trinajstić information content (AvgIpc) is 2.98. The van der Waals surface area contributed by atoms with E-state index in [4.69, 9.17) is 0 Å². The molecule has 9 nitrogen and oxygen atoms in total. The lowest BCUT2D eigenvalue weighted by Gasteiger charge is -2.23. The van der Waals surface area contributed by atoms with E-state index in [1.54, 1.807) is 27.6 Å². The van der Waals surface area contributed by atoms with Crippen molar-refractivity contribution in [2.24, 2.45) is 7.05 Å². The van der Waals surface area contributed by atoms with E-state index in [0.29, 0.717) is 25.2 Å². The van der Waals surface area contributed by atoms with E-state index in [2.05, 4.69) is 19.8 Å². The van der Waals surface area contributed by atoms with Crippen molar-refractivity contribution >= 4 is 17.8 Å². The Morgan fingerprint density at radius 1 is 1.09 bits per heavy atom. The molecule has 12 heteroatoms. The van der Waals surface area contributed by atoms with E-state index in [-0.39, 0.29) is 30.4 Å². The molecule has 2 aromatic heterocycles. The van der Waals surface area contributed by atoms with Gasteiger partial charge < -0.3 is 14.5 Å². The molecule has 0 spiro atoms. The van der Waals surface area contributed by atoms with Crippen molar-refractivity contribution in [2.75, 3.05) is 38.2 Å². The molecular formula is C21H27F3N6O3. The molecule has 1 aliphatic heterocycles. The second-order valence-electron chi connectivity index (χ2n) is 8.84. The van der Waals surface area contributed by atoms with Crippen molar-refractivity contribution in [3.63, 3.8) is 0 Å². The van der Waals surface area contributed by atoms with Crippen LogP contribution in [0.5, 0.6) is 0 Å². The van der Waals surface area contributed by atoms with Gasteiger partial charge in [-0.3, -0.25) is 9.48 Å². The lowest BCUT2D eigenvalue weighted by Crippen LogP contribution is -2.36. The van der Waals surface area contributed by atoms with Crippen molar-refractivity contribution in [3.8, 4) is 0 Å².